The highest BCUT2D eigenvalue weighted by molar-refractivity contribution is 6.19. The molecule has 2 unspecified atom stereocenters. The van der Waals surface area contributed by atoms with Crippen molar-refractivity contribution in [1.82, 2.24) is 19.3 Å². The predicted octanol–water partition coefficient (Wildman–Crippen LogP) is 0.866. The molecule has 9 nitrogen and oxygen atoms in total. The first-order valence-electron chi connectivity index (χ1n) is 10.0. The summed E-state index contributed by atoms with van der Waals surface area (Å²) in [6, 6.07) is -0.591. The molecule has 0 aliphatic carbocycles. The fraction of sp³-hybridized carbons (Fsp3) is 0.684. The molecule has 3 aliphatic heterocycles. The molecule has 3 aliphatic rings. The molecule has 0 spiro atoms. The number of aryl methyl sites for hydroxylation is 1. The van der Waals surface area contributed by atoms with Gasteiger partial charge in [-0.05, 0) is 20.3 Å². The molecule has 3 amide bonds. The number of fused-ring (bicyclic) bond motifs is 3. The quantitative estimate of drug-likeness (QED) is 0.701. The van der Waals surface area contributed by atoms with Crippen molar-refractivity contribution in [3.63, 3.8) is 0 Å². The van der Waals surface area contributed by atoms with Crippen molar-refractivity contribution >= 4 is 23.7 Å². The van der Waals surface area contributed by atoms with Gasteiger partial charge < -0.3 is 4.74 Å². The van der Waals surface area contributed by atoms with Gasteiger partial charge in [0.05, 0.1) is 19.3 Å². The summed E-state index contributed by atoms with van der Waals surface area (Å²) >= 11 is 0. The summed E-state index contributed by atoms with van der Waals surface area (Å²) in [5, 5.41) is 0. The second-order valence-electron chi connectivity index (χ2n) is 7.76. The number of ether oxygens (including phenoxy) is 1. The first kappa shape index (κ1) is 19.1. The van der Waals surface area contributed by atoms with Crippen molar-refractivity contribution < 1.29 is 18.9 Å². The fourth-order valence-corrected chi connectivity index (χ4v) is 4.20. The second-order valence-corrected chi connectivity index (χ2v) is 7.76. The lowest BCUT2D eigenvalue weighted by Crippen LogP contribution is -2.63. The number of rotatable bonds is 5. The number of aliphatic imine (C=N–C) groups is 1. The first-order chi connectivity index (χ1) is 13.4. The number of carbonyl (C=O) groups is 2. The van der Waals surface area contributed by atoms with Crippen molar-refractivity contribution in [3.05, 3.63) is 11.9 Å². The Balaban J connectivity index is 1.61. The largest absolute Gasteiger partial charge is 0.402 e. The second kappa shape index (κ2) is 7.29. The van der Waals surface area contributed by atoms with Gasteiger partial charge in [0.25, 0.3) is 5.91 Å². The Labute approximate surface area is 165 Å². The normalized spacial score (nSPS) is 23.7. The number of likely N-dealkylation sites (N-methyl/N-ethyl adjacent to an activating group) is 1. The highest BCUT2D eigenvalue weighted by Crippen LogP contribution is 2.31. The van der Waals surface area contributed by atoms with Gasteiger partial charge in [-0.3, -0.25) is 19.5 Å². The molecule has 2 fully saturated rings. The van der Waals surface area contributed by atoms with Crippen molar-refractivity contribution in [3.8, 4) is 0 Å². The van der Waals surface area contributed by atoms with E-state index < -0.39 is 6.04 Å². The minimum atomic E-state index is -0.564. The molecule has 4 rings (SSSR count). The summed E-state index contributed by atoms with van der Waals surface area (Å²) in [4.78, 5) is 36.0. The van der Waals surface area contributed by atoms with E-state index in [1.54, 1.807) is 7.05 Å². The number of amidine groups is 1. The first-order valence-corrected chi connectivity index (χ1v) is 10.0. The molecule has 9 heteroatoms. The third kappa shape index (κ3) is 2.93. The Bertz CT molecular complexity index is 826. The zero-order chi connectivity index (χ0) is 20.0. The number of carbonyl (C=O) groups excluding carboxylic acids is 2. The summed E-state index contributed by atoms with van der Waals surface area (Å²) in [5.74, 6) is 1.07. The van der Waals surface area contributed by atoms with Crippen LogP contribution in [0.3, 0.4) is 0 Å². The summed E-state index contributed by atoms with van der Waals surface area (Å²) in [6.07, 6.45) is 2.94. The van der Waals surface area contributed by atoms with E-state index in [2.05, 4.69) is 23.3 Å². The van der Waals surface area contributed by atoms with E-state index in [9.17, 15) is 9.59 Å². The molecular weight excluding hydrogens is 360 g/mol. The van der Waals surface area contributed by atoms with E-state index in [4.69, 9.17) is 9.73 Å². The summed E-state index contributed by atoms with van der Waals surface area (Å²) < 4.78 is 9.44. The lowest BCUT2D eigenvalue weighted by Gasteiger charge is -2.35. The van der Waals surface area contributed by atoms with E-state index in [-0.39, 0.29) is 18.0 Å². The third-order valence-electron chi connectivity index (χ3n) is 6.03. The fourth-order valence-electron chi connectivity index (χ4n) is 4.20. The number of amides is 3. The average Bonchev–Trinajstić information content (AvgIpc) is 3.21. The number of aromatic nitrogens is 2. The molecule has 2 saturated heterocycles. The van der Waals surface area contributed by atoms with Crippen LogP contribution >= 0.6 is 0 Å². The van der Waals surface area contributed by atoms with Crippen molar-refractivity contribution in [2.45, 2.75) is 39.3 Å². The van der Waals surface area contributed by atoms with E-state index in [1.165, 1.54) is 9.80 Å². The Hall–Kier alpha value is -2.26. The summed E-state index contributed by atoms with van der Waals surface area (Å²) in [7, 11) is 1.70. The van der Waals surface area contributed by atoms with Crippen LogP contribution in [0.25, 0.3) is 0 Å². The molecule has 4 heterocycles. The van der Waals surface area contributed by atoms with Gasteiger partial charge in [-0.15, -0.1) is 0 Å². The number of nitrogens with zero attached hydrogens (tertiary/aromatic N) is 6. The Kier molecular flexibility index (Phi) is 4.96. The maximum Gasteiger partial charge on any atom is 0.402 e. The SMILES string of the molecule is CCC(C)n1c(C)c[n+]2c1N=C1C2C(=O)N(CCN2CCOCC2)C(=O)N1C. The molecule has 1 aromatic rings. The van der Waals surface area contributed by atoms with Crippen LogP contribution in [0.2, 0.25) is 0 Å². The van der Waals surface area contributed by atoms with E-state index >= 15 is 0 Å². The number of imidazole rings is 1. The average molecular weight is 389 g/mol. The maximum atomic E-state index is 13.3. The highest BCUT2D eigenvalue weighted by atomic mass is 16.5. The Morgan fingerprint density at radius 2 is 2.00 bits per heavy atom. The molecule has 0 radical (unpaired) electrons. The molecule has 2 atom stereocenters. The monoisotopic (exact) mass is 389 g/mol. The molecule has 152 valence electrons. The van der Waals surface area contributed by atoms with Crippen LogP contribution in [0, 0.1) is 6.92 Å². The molecule has 28 heavy (non-hydrogen) atoms. The minimum Gasteiger partial charge on any atom is -0.379 e. The molecule has 0 N–H and O–H groups in total. The van der Waals surface area contributed by atoms with E-state index in [0.717, 1.165) is 31.2 Å². The van der Waals surface area contributed by atoms with Gasteiger partial charge in [-0.2, -0.15) is 0 Å². The van der Waals surface area contributed by atoms with Gasteiger partial charge in [0.1, 0.15) is 11.9 Å². The van der Waals surface area contributed by atoms with Crippen LogP contribution < -0.4 is 4.57 Å². The number of morpholine rings is 1. The van der Waals surface area contributed by atoms with Gasteiger partial charge in [0.15, 0.2) is 0 Å². The number of hydrogen-bond donors (Lipinski definition) is 0. The summed E-state index contributed by atoms with van der Waals surface area (Å²) in [6.45, 7) is 10.4. The van der Waals surface area contributed by atoms with Crippen LogP contribution in [0.4, 0.5) is 10.7 Å². The van der Waals surface area contributed by atoms with Gasteiger partial charge >= 0.3 is 12.0 Å². The third-order valence-corrected chi connectivity index (χ3v) is 6.03. The summed E-state index contributed by atoms with van der Waals surface area (Å²) in [5.41, 5.74) is 1.07. The Morgan fingerprint density at radius 3 is 2.68 bits per heavy atom. The van der Waals surface area contributed by atoms with Crippen LogP contribution in [-0.2, 0) is 9.53 Å². The van der Waals surface area contributed by atoms with Crippen LogP contribution in [0.5, 0.6) is 0 Å². The van der Waals surface area contributed by atoms with Crippen LogP contribution in [0.15, 0.2) is 11.2 Å². The van der Waals surface area contributed by atoms with Crippen molar-refractivity contribution in [2.75, 3.05) is 46.4 Å². The number of imide groups is 1. The van der Waals surface area contributed by atoms with Gasteiger partial charge in [-0.1, -0.05) is 11.9 Å². The van der Waals surface area contributed by atoms with Gasteiger partial charge in [0.2, 0.25) is 11.9 Å². The van der Waals surface area contributed by atoms with E-state index in [0.29, 0.717) is 32.1 Å². The van der Waals surface area contributed by atoms with Gasteiger partial charge in [0, 0.05) is 33.2 Å². The lowest BCUT2D eigenvalue weighted by molar-refractivity contribution is -0.677. The standard InChI is InChI=1S/C19H29N6O3/c1-5-13(2)25-14(3)12-24-15-16(20-18(24)25)21(4)19(27)23(17(15)26)7-6-22-8-10-28-11-9-22/h12-13,15H,5-11H2,1-4H3/q+1. The predicted molar refractivity (Wildman–Crippen MR) is 103 cm³/mol. The van der Waals surface area contributed by atoms with Crippen molar-refractivity contribution in [1.29, 1.82) is 0 Å². The Morgan fingerprint density at radius 1 is 1.29 bits per heavy atom. The topological polar surface area (TPSA) is 74.3 Å². The van der Waals surface area contributed by atoms with Crippen LogP contribution in [-0.4, -0.2) is 83.5 Å². The van der Waals surface area contributed by atoms with E-state index in [1.807, 2.05) is 17.7 Å². The maximum absolute atomic E-state index is 13.3. The molecule has 1 aromatic heterocycles. The molecule has 0 saturated carbocycles. The zero-order valence-corrected chi connectivity index (χ0v) is 17.1. The molecule has 0 bridgehead atoms. The molecular formula is C19H29N6O3+. The number of hydrogen-bond acceptors (Lipinski definition) is 5. The minimum absolute atomic E-state index is 0.194. The molecule has 0 aromatic carbocycles. The van der Waals surface area contributed by atoms with Crippen molar-refractivity contribution in [2.24, 2.45) is 4.99 Å². The van der Waals surface area contributed by atoms with Gasteiger partial charge in [-0.25, -0.2) is 13.9 Å². The highest BCUT2D eigenvalue weighted by Gasteiger charge is 2.53. The smallest absolute Gasteiger partial charge is 0.379 e. The zero-order valence-electron chi connectivity index (χ0n) is 17.1. The van der Waals surface area contributed by atoms with Crippen LogP contribution in [0.1, 0.15) is 38.0 Å². The number of urea groups is 1. The lowest BCUT2D eigenvalue weighted by atomic mass is 10.1.